The Labute approximate surface area is 187 Å². The number of hydrogen-bond acceptors (Lipinski definition) is 7. The fourth-order valence-electron chi connectivity index (χ4n) is 3.29. The third-order valence-corrected chi connectivity index (χ3v) is 5.34. The van der Waals surface area contributed by atoms with Gasteiger partial charge in [0.05, 0.1) is 35.2 Å². The molecule has 0 saturated carbocycles. The summed E-state index contributed by atoms with van der Waals surface area (Å²) in [4.78, 5) is 8.63. The number of aliphatic imine (C=N–C) groups is 1. The SMILES string of the molecule is Cn1cc(C(C)(CN=C([O-])C2=CN(c3ccc(F)cc3F)NN2)c2cccc(Cl)n2)cn1. The maximum atomic E-state index is 14.0. The second-order valence-corrected chi connectivity index (χ2v) is 7.83. The molecule has 2 aromatic heterocycles. The van der Waals surface area contributed by atoms with E-state index >= 15 is 0 Å². The average Bonchev–Trinajstić information content (AvgIpc) is 3.41. The van der Waals surface area contributed by atoms with E-state index in [4.69, 9.17) is 11.6 Å². The van der Waals surface area contributed by atoms with Crippen molar-refractivity contribution in [3.8, 4) is 0 Å². The minimum Gasteiger partial charge on any atom is -0.857 e. The number of hydrazine groups is 2. The Morgan fingerprint density at radius 2 is 2.09 bits per heavy atom. The maximum absolute atomic E-state index is 14.0. The first-order chi connectivity index (χ1) is 15.3. The van der Waals surface area contributed by atoms with E-state index in [-0.39, 0.29) is 17.9 Å². The van der Waals surface area contributed by atoms with Gasteiger partial charge in [-0.25, -0.2) is 13.8 Å². The molecule has 3 aromatic rings. The molecule has 1 atom stereocenters. The van der Waals surface area contributed by atoms with Crippen LogP contribution in [-0.4, -0.2) is 27.2 Å². The van der Waals surface area contributed by atoms with Gasteiger partial charge >= 0.3 is 0 Å². The summed E-state index contributed by atoms with van der Waals surface area (Å²) in [5.41, 5.74) is 6.11. The Hall–Kier alpha value is -3.50. The molecule has 8 nitrogen and oxygen atoms in total. The molecule has 1 aliphatic rings. The van der Waals surface area contributed by atoms with E-state index in [0.717, 1.165) is 17.7 Å². The van der Waals surface area contributed by atoms with Crippen molar-refractivity contribution in [2.24, 2.45) is 12.0 Å². The zero-order valence-corrected chi connectivity index (χ0v) is 17.9. The van der Waals surface area contributed by atoms with Crippen molar-refractivity contribution in [3.05, 3.63) is 88.7 Å². The fourth-order valence-corrected chi connectivity index (χ4v) is 3.45. The highest BCUT2D eigenvalue weighted by molar-refractivity contribution is 6.29. The fraction of sp³-hybridized carbons (Fsp3) is 0.190. The number of benzene rings is 1. The molecule has 0 bridgehead atoms. The molecular weight excluding hydrogens is 440 g/mol. The highest BCUT2D eigenvalue weighted by Crippen LogP contribution is 2.32. The van der Waals surface area contributed by atoms with Crippen molar-refractivity contribution < 1.29 is 13.9 Å². The molecule has 4 rings (SSSR count). The van der Waals surface area contributed by atoms with Crippen LogP contribution >= 0.6 is 11.6 Å². The van der Waals surface area contributed by atoms with Crippen LogP contribution in [0.2, 0.25) is 5.15 Å². The molecule has 0 fully saturated rings. The molecular formula is C21H19ClF2N7O-. The van der Waals surface area contributed by atoms with Gasteiger partial charge in [0, 0.05) is 37.0 Å². The highest BCUT2D eigenvalue weighted by Gasteiger charge is 2.32. The lowest BCUT2D eigenvalue weighted by molar-refractivity contribution is -0.214. The van der Waals surface area contributed by atoms with Crippen LogP contribution in [0.5, 0.6) is 0 Å². The number of hydrogen-bond donors (Lipinski definition) is 2. The van der Waals surface area contributed by atoms with Gasteiger partial charge in [0.15, 0.2) is 5.82 Å². The Bertz CT molecular complexity index is 1210. The lowest BCUT2D eigenvalue weighted by Crippen LogP contribution is -2.39. The summed E-state index contributed by atoms with van der Waals surface area (Å²) in [5, 5.41) is 18.5. The van der Waals surface area contributed by atoms with Crippen molar-refractivity contribution in [2.75, 3.05) is 11.6 Å². The van der Waals surface area contributed by atoms with Crippen LogP contribution in [0.25, 0.3) is 0 Å². The summed E-state index contributed by atoms with van der Waals surface area (Å²) in [6.45, 7) is 1.96. The monoisotopic (exact) mass is 458 g/mol. The van der Waals surface area contributed by atoms with Crippen LogP contribution in [-0.2, 0) is 12.5 Å². The molecule has 0 spiro atoms. The zero-order valence-electron chi connectivity index (χ0n) is 17.2. The Kier molecular flexibility index (Phi) is 5.81. The van der Waals surface area contributed by atoms with Gasteiger partial charge in [-0.1, -0.05) is 17.7 Å². The van der Waals surface area contributed by atoms with Gasteiger partial charge in [-0.2, -0.15) is 5.10 Å². The molecule has 2 N–H and O–H groups in total. The van der Waals surface area contributed by atoms with E-state index in [1.807, 2.05) is 19.2 Å². The summed E-state index contributed by atoms with van der Waals surface area (Å²) in [5.74, 6) is -2.03. The number of pyridine rings is 1. The second-order valence-electron chi connectivity index (χ2n) is 7.45. The van der Waals surface area contributed by atoms with E-state index in [1.165, 1.54) is 17.3 Å². The summed E-state index contributed by atoms with van der Waals surface area (Å²) >= 11 is 6.09. The number of anilines is 1. The van der Waals surface area contributed by atoms with Crippen molar-refractivity contribution in [3.63, 3.8) is 0 Å². The molecule has 3 heterocycles. The first-order valence-electron chi connectivity index (χ1n) is 9.58. The topological polar surface area (TPSA) is 93.4 Å². The largest absolute Gasteiger partial charge is 0.857 e. The summed E-state index contributed by atoms with van der Waals surface area (Å²) < 4.78 is 28.8. The van der Waals surface area contributed by atoms with Crippen molar-refractivity contribution >= 4 is 23.2 Å². The second kappa shape index (κ2) is 8.56. The predicted molar refractivity (Wildman–Crippen MR) is 114 cm³/mol. The van der Waals surface area contributed by atoms with Crippen LogP contribution in [0.4, 0.5) is 14.5 Å². The molecule has 1 aromatic carbocycles. The quantitative estimate of drug-likeness (QED) is 0.334. The van der Waals surface area contributed by atoms with Crippen LogP contribution in [0.15, 0.2) is 65.7 Å². The van der Waals surface area contributed by atoms with Gasteiger partial charge in [0.1, 0.15) is 11.0 Å². The molecule has 32 heavy (non-hydrogen) atoms. The normalized spacial score (nSPS) is 16.0. The molecule has 0 amide bonds. The van der Waals surface area contributed by atoms with Crippen LogP contribution < -0.4 is 21.1 Å². The van der Waals surface area contributed by atoms with Gasteiger partial charge in [-0.05, 0) is 31.2 Å². The lowest BCUT2D eigenvalue weighted by atomic mass is 9.80. The first-order valence-corrected chi connectivity index (χ1v) is 9.96. The lowest BCUT2D eigenvalue weighted by Gasteiger charge is -2.27. The summed E-state index contributed by atoms with van der Waals surface area (Å²) in [6, 6.07) is 8.39. The molecule has 1 aliphatic heterocycles. The van der Waals surface area contributed by atoms with Crippen molar-refractivity contribution in [1.29, 1.82) is 0 Å². The highest BCUT2D eigenvalue weighted by atomic mass is 35.5. The zero-order chi connectivity index (χ0) is 22.9. The number of nitrogens with one attached hydrogen (secondary N) is 2. The third-order valence-electron chi connectivity index (χ3n) is 5.13. The maximum Gasteiger partial charge on any atom is 0.151 e. The predicted octanol–water partition coefficient (Wildman–Crippen LogP) is 2.18. The molecule has 166 valence electrons. The minimum absolute atomic E-state index is 0.0463. The van der Waals surface area contributed by atoms with Crippen LogP contribution in [0.3, 0.4) is 0 Å². The van der Waals surface area contributed by atoms with Gasteiger partial charge in [-0.3, -0.25) is 14.7 Å². The van der Waals surface area contributed by atoms with Crippen LogP contribution in [0.1, 0.15) is 18.2 Å². The molecule has 0 aliphatic carbocycles. The van der Waals surface area contributed by atoms with Crippen molar-refractivity contribution in [1.82, 2.24) is 25.7 Å². The smallest absolute Gasteiger partial charge is 0.151 e. The van der Waals surface area contributed by atoms with E-state index < -0.39 is 22.9 Å². The van der Waals surface area contributed by atoms with E-state index in [2.05, 4.69) is 26.0 Å². The third kappa shape index (κ3) is 4.27. The minimum atomic E-state index is -0.780. The summed E-state index contributed by atoms with van der Waals surface area (Å²) in [6.07, 6.45) is 4.87. The first kappa shape index (κ1) is 21.7. The molecule has 11 heteroatoms. The van der Waals surface area contributed by atoms with Gasteiger partial charge in [-0.15, -0.1) is 5.53 Å². The molecule has 1 unspecified atom stereocenters. The Balaban J connectivity index is 1.61. The molecule has 0 radical (unpaired) electrons. The van der Waals surface area contributed by atoms with Gasteiger partial charge < -0.3 is 10.5 Å². The number of aryl methyl sites for hydroxylation is 1. The summed E-state index contributed by atoms with van der Waals surface area (Å²) in [7, 11) is 1.79. The van der Waals surface area contributed by atoms with E-state index in [9.17, 15) is 13.9 Å². The van der Waals surface area contributed by atoms with E-state index in [1.54, 1.807) is 30.1 Å². The Morgan fingerprint density at radius 1 is 1.28 bits per heavy atom. The van der Waals surface area contributed by atoms with Gasteiger partial charge in [0.25, 0.3) is 0 Å². The number of aromatic nitrogens is 3. The standard InChI is InChI=1S/C21H20ClF2N7O/c1-21(13-9-26-30(2)10-13,18-4-3-5-19(22)27-18)12-25-20(32)16-11-31(29-28-16)17-7-6-14(23)8-15(17)24/h3-11,28-29H,12H2,1-2H3,(H,25,32)/p-1. The Morgan fingerprint density at radius 3 is 2.78 bits per heavy atom. The van der Waals surface area contributed by atoms with Crippen molar-refractivity contribution in [2.45, 2.75) is 12.3 Å². The number of rotatable bonds is 6. The van der Waals surface area contributed by atoms with Crippen LogP contribution in [0, 0.1) is 11.6 Å². The average molecular weight is 459 g/mol. The number of halogens is 3. The number of nitrogens with zero attached hydrogens (tertiary/aromatic N) is 5. The van der Waals surface area contributed by atoms with Gasteiger partial charge in [0.2, 0.25) is 0 Å². The molecule has 0 saturated heterocycles. The van der Waals surface area contributed by atoms with E-state index in [0.29, 0.717) is 10.8 Å².